The fraction of sp³-hybridized carbons (Fsp3) is 0.125. The van der Waals surface area contributed by atoms with E-state index in [0.717, 1.165) is 6.07 Å². The van der Waals surface area contributed by atoms with Crippen LogP contribution < -0.4 is 0 Å². The number of carboxylic acids is 2. The first kappa shape index (κ1) is 15.7. The van der Waals surface area contributed by atoms with E-state index in [1.54, 1.807) is 0 Å². The van der Waals surface area contributed by atoms with Crippen LogP contribution in [0.5, 0.6) is 0 Å². The summed E-state index contributed by atoms with van der Waals surface area (Å²) in [5.41, 5.74) is 0.562. The molecule has 0 fully saturated rings. The van der Waals surface area contributed by atoms with Crippen LogP contribution in [0.4, 0.5) is 4.39 Å². The fourth-order valence-corrected chi connectivity index (χ4v) is 2.18. The van der Waals surface area contributed by atoms with Gasteiger partial charge in [0.2, 0.25) is 0 Å². The summed E-state index contributed by atoms with van der Waals surface area (Å²) in [6, 6.07) is 9.24. The summed E-state index contributed by atoms with van der Waals surface area (Å²) in [6.07, 6.45) is -0.741. The third kappa shape index (κ3) is 3.12. The van der Waals surface area contributed by atoms with Gasteiger partial charge in [0.25, 0.3) is 0 Å². The molecule has 0 spiro atoms. The number of rotatable bonds is 5. The molecule has 0 saturated carbocycles. The van der Waals surface area contributed by atoms with Gasteiger partial charge in [0.15, 0.2) is 0 Å². The van der Waals surface area contributed by atoms with E-state index in [-0.39, 0.29) is 11.1 Å². The van der Waals surface area contributed by atoms with E-state index in [1.165, 1.54) is 43.5 Å². The molecule has 0 aliphatic rings. The molecule has 2 N–H and O–H groups in total. The van der Waals surface area contributed by atoms with Gasteiger partial charge in [-0.2, -0.15) is 0 Å². The first-order valence-electron chi connectivity index (χ1n) is 6.33. The highest BCUT2D eigenvalue weighted by atomic mass is 19.1. The molecule has 0 bridgehead atoms. The Balaban J connectivity index is 2.55. The van der Waals surface area contributed by atoms with Gasteiger partial charge in [0, 0.05) is 7.11 Å². The molecule has 2 aromatic carbocycles. The Morgan fingerprint density at radius 2 is 1.68 bits per heavy atom. The van der Waals surface area contributed by atoms with Gasteiger partial charge >= 0.3 is 11.9 Å². The Bertz CT molecular complexity index is 709. The van der Waals surface area contributed by atoms with Crippen molar-refractivity contribution in [1.29, 1.82) is 0 Å². The lowest BCUT2D eigenvalue weighted by Gasteiger charge is -2.18. The topological polar surface area (TPSA) is 83.8 Å². The molecular weight excluding hydrogens is 291 g/mol. The number of ether oxygens (including phenoxy) is 1. The molecule has 1 atom stereocenters. The molecule has 6 heteroatoms. The zero-order valence-corrected chi connectivity index (χ0v) is 11.6. The molecule has 1 unspecified atom stereocenters. The summed E-state index contributed by atoms with van der Waals surface area (Å²) >= 11 is 0. The predicted molar refractivity (Wildman–Crippen MR) is 75.6 cm³/mol. The Morgan fingerprint density at radius 3 is 2.18 bits per heavy atom. The smallest absolute Gasteiger partial charge is 0.336 e. The molecular formula is C16H13FO5. The second-order valence-corrected chi connectivity index (χ2v) is 4.58. The van der Waals surface area contributed by atoms with Crippen LogP contribution in [0.2, 0.25) is 0 Å². The summed E-state index contributed by atoms with van der Waals surface area (Å²) in [5, 5.41) is 18.3. The quantitative estimate of drug-likeness (QED) is 0.887. The molecule has 0 radical (unpaired) electrons. The molecule has 0 aliphatic heterocycles. The highest BCUT2D eigenvalue weighted by molar-refractivity contribution is 5.95. The minimum absolute atomic E-state index is 0.130. The average molecular weight is 304 g/mol. The molecule has 22 heavy (non-hydrogen) atoms. The van der Waals surface area contributed by atoms with Gasteiger partial charge in [0.05, 0.1) is 11.1 Å². The van der Waals surface area contributed by atoms with Crippen molar-refractivity contribution in [2.24, 2.45) is 0 Å². The zero-order valence-electron chi connectivity index (χ0n) is 11.6. The highest BCUT2D eigenvalue weighted by Gasteiger charge is 2.22. The van der Waals surface area contributed by atoms with Crippen molar-refractivity contribution in [3.8, 4) is 0 Å². The second kappa shape index (κ2) is 6.36. The van der Waals surface area contributed by atoms with Crippen molar-refractivity contribution < 1.29 is 28.9 Å². The SMILES string of the molecule is COC(c1ccc(F)cc1)c1ccc(C(=O)O)cc1C(=O)O. The lowest BCUT2D eigenvalue weighted by Crippen LogP contribution is -2.12. The number of hydrogen-bond acceptors (Lipinski definition) is 3. The maximum absolute atomic E-state index is 13.0. The molecule has 114 valence electrons. The number of methoxy groups -OCH3 is 1. The van der Waals surface area contributed by atoms with Gasteiger partial charge in [-0.25, -0.2) is 14.0 Å². The van der Waals surface area contributed by atoms with Crippen molar-refractivity contribution in [1.82, 2.24) is 0 Å². The molecule has 0 amide bonds. The van der Waals surface area contributed by atoms with E-state index in [4.69, 9.17) is 9.84 Å². The molecule has 0 aromatic heterocycles. The maximum Gasteiger partial charge on any atom is 0.336 e. The number of benzene rings is 2. The van der Waals surface area contributed by atoms with Gasteiger partial charge in [-0.15, -0.1) is 0 Å². The summed E-state index contributed by atoms with van der Waals surface area (Å²) < 4.78 is 18.3. The van der Waals surface area contributed by atoms with Crippen LogP contribution in [0, 0.1) is 5.82 Å². The summed E-state index contributed by atoms with van der Waals surface area (Å²) in [5.74, 6) is -2.90. The predicted octanol–water partition coefficient (Wildman–Crippen LogP) is 2.96. The molecule has 0 saturated heterocycles. The largest absolute Gasteiger partial charge is 0.478 e. The van der Waals surface area contributed by atoms with E-state index >= 15 is 0 Å². The lowest BCUT2D eigenvalue weighted by atomic mass is 9.95. The molecule has 5 nitrogen and oxygen atoms in total. The third-order valence-corrected chi connectivity index (χ3v) is 3.22. The van der Waals surface area contributed by atoms with Gasteiger partial charge in [0.1, 0.15) is 11.9 Å². The number of hydrogen-bond donors (Lipinski definition) is 2. The van der Waals surface area contributed by atoms with Gasteiger partial charge in [-0.1, -0.05) is 18.2 Å². The van der Waals surface area contributed by atoms with E-state index < -0.39 is 23.9 Å². The van der Waals surface area contributed by atoms with E-state index in [1.807, 2.05) is 0 Å². The fourth-order valence-electron chi connectivity index (χ4n) is 2.18. The van der Waals surface area contributed by atoms with Crippen LogP contribution in [0.25, 0.3) is 0 Å². The van der Waals surface area contributed by atoms with Crippen LogP contribution in [0.3, 0.4) is 0 Å². The van der Waals surface area contributed by atoms with Gasteiger partial charge in [-0.05, 0) is 35.4 Å². The summed E-state index contributed by atoms with van der Waals surface area (Å²) in [6.45, 7) is 0. The minimum Gasteiger partial charge on any atom is -0.478 e. The van der Waals surface area contributed by atoms with E-state index in [2.05, 4.69) is 0 Å². The van der Waals surface area contributed by atoms with Crippen LogP contribution in [0.1, 0.15) is 37.9 Å². The Labute approximate surface area is 125 Å². The van der Waals surface area contributed by atoms with E-state index in [9.17, 15) is 19.1 Å². The standard InChI is InChI=1S/C16H13FO5/c1-22-14(9-2-5-11(17)6-3-9)12-7-4-10(15(18)19)8-13(12)16(20)21/h2-8,14H,1H3,(H,18,19)(H,20,21). The summed E-state index contributed by atoms with van der Waals surface area (Å²) in [4.78, 5) is 22.4. The molecule has 0 heterocycles. The molecule has 0 aliphatic carbocycles. The second-order valence-electron chi connectivity index (χ2n) is 4.58. The maximum atomic E-state index is 13.0. The van der Waals surface area contributed by atoms with Crippen molar-refractivity contribution in [3.63, 3.8) is 0 Å². The van der Waals surface area contributed by atoms with Crippen molar-refractivity contribution in [2.45, 2.75) is 6.10 Å². The number of halogens is 1. The monoisotopic (exact) mass is 304 g/mol. The highest BCUT2D eigenvalue weighted by Crippen LogP contribution is 2.29. The summed E-state index contributed by atoms with van der Waals surface area (Å²) in [7, 11) is 1.39. The average Bonchev–Trinajstić information content (AvgIpc) is 2.49. The first-order valence-corrected chi connectivity index (χ1v) is 6.33. The normalized spacial score (nSPS) is 11.9. The lowest BCUT2D eigenvalue weighted by molar-refractivity contribution is 0.0687. The zero-order chi connectivity index (χ0) is 16.3. The van der Waals surface area contributed by atoms with Gasteiger partial charge in [-0.3, -0.25) is 0 Å². The Hall–Kier alpha value is -2.73. The van der Waals surface area contributed by atoms with Crippen molar-refractivity contribution >= 4 is 11.9 Å². The third-order valence-electron chi connectivity index (χ3n) is 3.22. The van der Waals surface area contributed by atoms with Crippen LogP contribution in [0.15, 0.2) is 42.5 Å². The van der Waals surface area contributed by atoms with Crippen LogP contribution in [-0.2, 0) is 4.74 Å². The number of carboxylic acid groups (broad SMARTS) is 2. The van der Waals surface area contributed by atoms with E-state index in [0.29, 0.717) is 11.1 Å². The number of carbonyl (C=O) groups is 2. The Morgan fingerprint density at radius 1 is 1.05 bits per heavy atom. The Kier molecular flexibility index (Phi) is 4.53. The van der Waals surface area contributed by atoms with Gasteiger partial charge < -0.3 is 14.9 Å². The molecule has 2 rings (SSSR count). The minimum atomic E-state index is -1.26. The number of aromatic carboxylic acids is 2. The first-order chi connectivity index (χ1) is 10.4. The van der Waals surface area contributed by atoms with Crippen molar-refractivity contribution in [3.05, 3.63) is 70.5 Å². The molecule has 2 aromatic rings. The van der Waals surface area contributed by atoms with Crippen LogP contribution in [-0.4, -0.2) is 29.3 Å². The van der Waals surface area contributed by atoms with Crippen molar-refractivity contribution in [2.75, 3.05) is 7.11 Å². The van der Waals surface area contributed by atoms with Crippen LogP contribution >= 0.6 is 0 Å².